The first-order valence-corrected chi connectivity index (χ1v) is 6.01. The van der Waals surface area contributed by atoms with Gasteiger partial charge in [0.2, 0.25) is 17.2 Å². The molecule has 0 aromatic heterocycles. The fourth-order valence-electron chi connectivity index (χ4n) is 2.00. The van der Waals surface area contributed by atoms with Crippen LogP contribution < -0.4 is 5.73 Å². The Morgan fingerprint density at radius 2 is 2.15 bits per heavy atom. The van der Waals surface area contributed by atoms with Crippen molar-refractivity contribution in [1.82, 2.24) is 0 Å². The summed E-state index contributed by atoms with van der Waals surface area (Å²) in [6.45, 7) is 2.42. The van der Waals surface area contributed by atoms with Crippen LogP contribution in [0.25, 0.3) is 0 Å². The predicted octanol–water partition coefficient (Wildman–Crippen LogP) is 1.98. The average Bonchev–Trinajstić information content (AvgIpc) is 2.53. The van der Waals surface area contributed by atoms with Gasteiger partial charge in [0.15, 0.2) is 0 Å². The number of nitrogens with two attached hydrogens (primary N) is 1. The normalized spacial score (nSPS) is 21.9. The fourth-order valence-corrected chi connectivity index (χ4v) is 2.34. The van der Waals surface area contributed by atoms with E-state index >= 15 is 0 Å². The molecule has 1 aliphatic heterocycles. The van der Waals surface area contributed by atoms with Crippen LogP contribution in [0.5, 0.6) is 0 Å². The number of hydrogen-bond donors (Lipinski definition) is 1. The molecule has 1 unspecified atom stereocenters. The molecular formula is C13H11ClFNO4. The molecule has 1 aliphatic rings. The van der Waals surface area contributed by atoms with Crippen molar-refractivity contribution in [2.45, 2.75) is 19.4 Å². The monoisotopic (exact) mass is 299 g/mol. The van der Waals surface area contributed by atoms with Crippen molar-refractivity contribution in [2.24, 2.45) is 5.73 Å². The highest BCUT2D eigenvalue weighted by atomic mass is 35.5. The molecule has 20 heavy (non-hydrogen) atoms. The van der Waals surface area contributed by atoms with Crippen molar-refractivity contribution in [3.63, 3.8) is 0 Å². The first kappa shape index (κ1) is 14.3. The minimum absolute atomic E-state index is 0.0118. The lowest BCUT2D eigenvalue weighted by Crippen LogP contribution is -2.33. The zero-order valence-electron chi connectivity index (χ0n) is 10.7. The van der Waals surface area contributed by atoms with Gasteiger partial charge in [0.1, 0.15) is 5.82 Å². The lowest BCUT2D eigenvalue weighted by molar-refractivity contribution is -0.142. The molecule has 0 spiro atoms. The van der Waals surface area contributed by atoms with E-state index in [1.54, 1.807) is 0 Å². The van der Waals surface area contributed by atoms with Crippen molar-refractivity contribution in [3.05, 3.63) is 46.2 Å². The van der Waals surface area contributed by atoms with Crippen LogP contribution in [0.15, 0.2) is 29.8 Å². The molecule has 1 heterocycles. The van der Waals surface area contributed by atoms with Crippen LogP contribution in [0.2, 0.25) is 5.02 Å². The number of Topliss-reactive ketones (excluding diaryl/α,β-unsaturated/α-hetero) is 1. The predicted molar refractivity (Wildman–Crippen MR) is 67.8 cm³/mol. The Hall–Kier alpha value is -2.08. The van der Waals surface area contributed by atoms with Crippen LogP contribution in [-0.2, 0) is 24.7 Å². The van der Waals surface area contributed by atoms with E-state index in [-0.39, 0.29) is 16.5 Å². The molecule has 0 amide bonds. The smallest absolute Gasteiger partial charge is 0.308 e. The molecule has 1 aromatic carbocycles. The molecule has 0 fully saturated rings. The number of benzene rings is 1. The number of hydrogen-bond acceptors (Lipinski definition) is 5. The van der Waals surface area contributed by atoms with Gasteiger partial charge in [-0.2, -0.15) is 0 Å². The van der Waals surface area contributed by atoms with Gasteiger partial charge in [-0.25, -0.2) is 4.39 Å². The first-order chi connectivity index (χ1) is 9.27. The fraction of sp³-hybridized carbons (Fsp3) is 0.231. The molecule has 0 bridgehead atoms. The van der Waals surface area contributed by atoms with Gasteiger partial charge in [0.25, 0.3) is 5.78 Å². The van der Waals surface area contributed by atoms with E-state index in [1.807, 2.05) is 0 Å². The maximum absolute atomic E-state index is 14.0. The summed E-state index contributed by atoms with van der Waals surface area (Å²) in [4.78, 5) is 23.3. The second-order valence-electron chi connectivity index (χ2n) is 4.35. The van der Waals surface area contributed by atoms with Crippen LogP contribution in [0.3, 0.4) is 0 Å². The van der Waals surface area contributed by atoms with Gasteiger partial charge in [0.05, 0.1) is 10.6 Å². The van der Waals surface area contributed by atoms with E-state index in [9.17, 15) is 14.0 Å². The van der Waals surface area contributed by atoms with Gasteiger partial charge in [-0.3, -0.25) is 9.59 Å². The summed E-state index contributed by atoms with van der Waals surface area (Å²) in [6.07, 6.45) is 0. The number of ketones is 1. The summed E-state index contributed by atoms with van der Waals surface area (Å²) in [6, 6.07) is 3.96. The van der Waals surface area contributed by atoms with Crippen LogP contribution in [0.4, 0.5) is 4.39 Å². The van der Waals surface area contributed by atoms with E-state index in [2.05, 4.69) is 0 Å². The van der Waals surface area contributed by atoms with Crippen molar-refractivity contribution < 1.29 is 23.5 Å². The Kier molecular flexibility index (Phi) is 3.43. The lowest BCUT2D eigenvalue weighted by Gasteiger charge is -2.24. The van der Waals surface area contributed by atoms with Gasteiger partial charge in [0, 0.05) is 6.92 Å². The molecule has 0 saturated carbocycles. The molecule has 7 heteroatoms. The SMILES string of the molecule is CC(=O)OC1=C(N)OC(C)(c2c(F)cccc2Cl)C1=O. The number of halogens is 2. The van der Waals surface area contributed by atoms with Gasteiger partial charge in [-0.1, -0.05) is 17.7 Å². The lowest BCUT2D eigenvalue weighted by atomic mass is 9.91. The number of esters is 1. The molecule has 5 nitrogen and oxygen atoms in total. The summed E-state index contributed by atoms with van der Waals surface area (Å²) in [5.41, 5.74) is 3.60. The van der Waals surface area contributed by atoms with Crippen LogP contribution in [-0.4, -0.2) is 11.8 Å². The summed E-state index contributed by atoms with van der Waals surface area (Å²) < 4.78 is 23.9. The maximum atomic E-state index is 14.0. The molecule has 0 radical (unpaired) electrons. The van der Waals surface area contributed by atoms with Gasteiger partial charge < -0.3 is 15.2 Å². The Labute approximate surface area is 119 Å². The third kappa shape index (κ3) is 2.12. The number of carbonyl (C=O) groups excluding carboxylic acids is 2. The number of rotatable bonds is 2. The Morgan fingerprint density at radius 3 is 2.70 bits per heavy atom. The van der Waals surface area contributed by atoms with Crippen molar-refractivity contribution in [3.8, 4) is 0 Å². The second kappa shape index (κ2) is 4.79. The van der Waals surface area contributed by atoms with E-state index in [0.717, 1.165) is 13.0 Å². The zero-order chi connectivity index (χ0) is 15.1. The summed E-state index contributed by atoms with van der Waals surface area (Å²) in [5.74, 6) is -3.04. The molecule has 1 aromatic rings. The highest BCUT2D eigenvalue weighted by Crippen LogP contribution is 2.41. The molecule has 2 rings (SSSR count). The largest absolute Gasteiger partial charge is 0.457 e. The summed E-state index contributed by atoms with van der Waals surface area (Å²) in [5, 5.41) is 0.0118. The Morgan fingerprint density at radius 1 is 1.50 bits per heavy atom. The number of carbonyl (C=O) groups is 2. The minimum Gasteiger partial charge on any atom is -0.457 e. The van der Waals surface area contributed by atoms with Crippen molar-refractivity contribution >= 4 is 23.4 Å². The van der Waals surface area contributed by atoms with Crippen molar-refractivity contribution in [1.29, 1.82) is 0 Å². The second-order valence-corrected chi connectivity index (χ2v) is 4.76. The van der Waals surface area contributed by atoms with Crippen molar-refractivity contribution in [2.75, 3.05) is 0 Å². The number of ether oxygens (including phenoxy) is 2. The standard InChI is InChI=1S/C13H11ClFNO4/c1-6(17)19-10-11(18)13(2,20-12(10)16)9-7(14)4-3-5-8(9)15/h3-5H,16H2,1-2H3. The molecule has 106 valence electrons. The zero-order valence-corrected chi connectivity index (χ0v) is 11.5. The highest BCUT2D eigenvalue weighted by Gasteiger charge is 2.51. The third-order valence-corrected chi connectivity index (χ3v) is 3.18. The van der Waals surface area contributed by atoms with E-state index in [0.29, 0.717) is 0 Å². The third-order valence-electron chi connectivity index (χ3n) is 2.86. The quantitative estimate of drug-likeness (QED) is 0.845. The Bertz CT molecular complexity index is 623. The van der Waals surface area contributed by atoms with E-state index < -0.39 is 28.9 Å². The minimum atomic E-state index is -1.77. The van der Waals surface area contributed by atoms with Gasteiger partial charge in [-0.15, -0.1) is 0 Å². The maximum Gasteiger partial charge on any atom is 0.308 e. The topological polar surface area (TPSA) is 78.6 Å². The van der Waals surface area contributed by atoms with Crippen LogP contribution >= 0.6 is 11.6 Å². The van der Waals surface area contributed by atoms with Gasteiger partial charge >= 0.3 is 5.97 Å². The van der Waals surface area contributed by atoms with Gasteiger partial charge in [-0.05, 0) is 19.1 Å². The summed E-state index contributed by atoms with van der Waals surface area (Å²) in [7, 11) is 0. The van der Waals surface area contributed by atoms with E-state index in [4.69, 9.17) is 26.8 Å². The average molecular weight is 300 g/mol. The van der Waals surface area contributed by atoms with Crippen LogP contribution in [0, 0.1) is 5.82 Å². The molecule has 0 aliphatic carbocycles. The molecule has 1 atom stereocenters. The van der Waals surface area contributed by atoms with E-state index in [1.165, 1.54) is 19.1 Å². The highest BCUT2D eigenvalue weighted by molar-refractivity contribution is 6.32. The summed E-state index contributed by atoms with van der Waals surface area (Å²) >= 11 is 5.93. The Balaban J connectivity index is 2.50. The molecular weight excluding hydrogens is 289 g/mol. The van der Waals surface area contributed by atoms with Crippen LogP contribution in [0.1, 0.15) is 19.4 Å². The molecule has 0 saturated heterocycles. The molecule has 2 N–H and O–H groups in total. The first-order valence-electron chi connectivity index (χ1n) is 5.64.